The number of nitrogens with zero attached hydrogens (tertiary/aromatic N) is 3. The van der Waals surface area contributed by atoms with Crippen LogP contribution in [0.3, 0.4) is 0 Å². The number of nitrogens with one attached hydrogen (secondary N) is 1. The molecule has 3 amide bonds. The molecule has 1 aliphatic heterocycles. The van der Waals surface area contributed by atoms with Crippen molar-refractivity contribution in [1.82, 2.24) is 20.0 Å². The van der Waals surface area contributed by atoms with Crippen molar-refractivity contribution in [3.05, 3.63) is 34.6 Å². The third kappa shape index (κ3) is 5.31. The number of carbonyl (C=O) groups is 2. The van der Waals surface area contributed by atoms with Crippen LogP contribution in [-0.2, 0) is 11.3 Å². The zero-order valence-corrected chi connectivity index (χ0v) is 15.4. The van der Waals surface area contributed by atoms with E-state index in [4.69, 9.17) is 11.6 Å². The van der Waals surface area contributed by atoms with Crippen molar-refractivity contribution in [3.8, 4) is 0 Å². The number of benzene rings is 1. The Labute approximate surface area is 152 Å². The normalized spacial score (nSPS) is 15.1. The van der Waals surface area contributed by atoms with Crippen LogP contribution >= 0.6 is 11.6 Å². The van der Waals surface area contributed by atoms with Crippen LogP contribution in [-0.4, -0.2) is 73.0 Å². The highest BCUT2D eigenvalue weighted by molar-refractivity contribution is 6.31. The van der Waals surface area contributed by atoms with Gasteiger partial charge in [-0.25, -0.2) is 9.18 Å². The molecule has 0 unspecified atom stereocenters. The summed E-state index contributed by atoms with van der Waals surface area (Å²) >= 11 is 6.01. The maximum atomic E-state index is 13.8. The van der Waals surface area contributed by atoms with Crippen LogP contribution in [0.5, 0.6) is 0 Å². The number of rotatable bonds is 5. The van der Waals surface area contributed by atoms with E-state index in [1.807, 2.05) is 11.8 Å². The Morgan fingerprint density at radius 2 is 1.96 bits per heavy atom. The number of piperazine rings is 1. The average Bonchev–Trinajstić information content (AvgIpc) is 2.59. The number of amides is 3. The summed E-state index contributed by atoms with van der Waals surface area (Å²) in [6, 6.07) is 4.41. The molecule has 6 nitrogen and oxygen atoms in total. The first-order valence-corrected chi connectivity index (χ1v) is 8.72. The van der Waals surface area contributed by atoms with Crippen molar-refractivity contribution in [1.29, 1.82) is 0 Å². The van der Waals surface area contributed by atoms with E-state index in [1.54, 1.807) is 18.0 Å². The monoisotopic (exact) mass is 370 g/mol. The van der Waals surface area contributed by atoms with Crippen LogP contribution in [0.1, 0.15) is 12.5 Å². The largest absolute Gasteiger partial charge is 0.340 e. The second-order valence-corrected chi connectivity index (χ2v) is 6.46. The smallest absolute Gasteiger partial charge is 0.317 e. The second kappa shape index (κ2) is 9.01. The molecule has 0 atom stereocenters. The first-order chi connectivity index (χ1) is 11.9. The molecule has 0 spiro atoms. The molecule has 1 aromatic rings. The third-order valence-electron chi connectivity index (χ3n) is 4.23. The van der Waals surface area contributed by atoms with Crippen LogP contribution in [0.2, 0.25) is 5.02 Å². The summed E-state index contributed by atoms with van der Waals surface area (Å²) in [6.45, 7) is 5.29. The highest BCUT2D eigenvalue weighted by Crippen LogP contribution is 2.20. The topological polar surface area (TPSA) is 55.9 Å². The number of carbonyl (C=O) groups excluding carboxylic acids is 2. The summed E-state index contributed by atoms with van der Waals surface area (Å²) in [6.07, 6.45) is 0. The fourth-order valence-electron chi connectivity index (χ4n) is 2.69. The zero-order valence-electron chi connectivity index (χ0n) is 14.6. The fraction of sp³-hybridized carbons (Fsp3) is 0.529. The van der Waals surface area contributed by atoms with Gasteiger partial charge in [-0.15, -0.1) is 0 Å². The lowest BCUT2D eigenvalue weighted by Crippen LogP contribution is -2.53. The van der Waals surface area contributed by atoms with E-state index in [0.717, 1.165) is 0 Å². The molecule has 0 radical (unpaired) electrons. The Kier molecular flexibility index (Phi) is 7.01. The average molecular weight is 371 g/mol. The first-order valence-electron chi connectivity index (χ1n) is 8.34. The Morgan fingerprint density at radius 1 is 1.28 bits per heavy atom. The highest BCUT2D eigenvalue weighted by Gasteiger charge is 2.23. The van der Waals surface area contributed by atoms with E-state index < -0.39 is 5.82 Å². The summed E-state index contributed by atoms with van der Waals surface area (Å²) in [5.41, 5.74) is 0.320. The molecule has 8 heteroatoms. The Balaban J connectivity index is 1.83. The molecule has 1 fully saturated rings. The van der Waals surface area contributed by atoms with Gasteiger partial charge in [0.2, 0.25) is 5.91 Å². The lowest BCUT2D eigenvalue weighted by atomic mass is 10.2. The molecular weight excluding hydrogens is 347 g/mol. The van der Waals surface area contributed by atoms with Gasteiger partial charge in [-0.3, -0.25) is 9.69 Å². The van der Waals surface area contributed by atoms with Gasteiger partial charge in [0, 0.05) is 56.9 Å². The van der Waals surface area contributed by atoms with Crippen molar-refractivity contribution in [2.75, 3.05) is 46.3 Å². The van der Waals surface area contributed by atoms with E-state index in [2.05, 4.69) is 5.32 Å². The summed E-state index contributed by atoms with van der Waals surface area (Å²) in [7, 11) is 1.63. The zero-order chi connectivity index (χ0) is 18.4. The maximum absolute atomic E-state index is 13.8. The Bertz CT molecular complexity index is 600. The van der Waals surface area contributed by atoms with E-state index in [0.29, 0.717) is 43.3 Å². The molecule has 1 aliphatic rings. The number of hydrogen-bond donors (Lipinski definition) is 1. The molecule has 25 heavy (non-hydrogen) atoms. The quantitative estimate of drug-likeness (QED) is 0.859. The standard InChI is InChI=1S/C17H24ClFN4O2/c1-3-20-17(25)23-9-7-22(8-10-23)12-16(24)21(2)11-13-14(18)5-4-6-15(13)19/h4-6H,3,7-12H2,1-2H3,(H,20,25). The van der Waals surface area contributed by atoms with Gasteiger partial charge in [0.25, 0.3) is 0 Å². The van der Waals surface area contributed by atoms with Crippen LogP contribution < -0.4 is 5.32 Å². The number of halogens is 2. The SMILES string of the molecule is CCNC(=O)N1CCN(CC(=O)N(C)Cc2c(F)cccc2Cl)CC1. The van der Waals surface area contributed by atoms with Gasteiger partial charge < -0.3 is 15.1 Å². The van der Waals surface area contributed by atoms with Crippen LogP contribution in [0.25, 0.3) is 0 Å². The molecule has 1 heterocycles. The van der Waals surface area contributed by atoms with Crippen molar-refractivity contribution in [2.45, 2.75) is 13.5 Å². The van der Waals surface area contributed by atoms with Gasteiger partial charge >= 0.3 is 6.03 Å². The van der Waals surface area contributed by atoms with Gasteiger partial charge in [0.05, 0.1) is 6.54 Å². The summed E-state index contributed by atoms with van der Waals surface area (Å²) < 4.78 is 13.8. The van der Waals surface area contributed by atoms with Gasteiger partial charge in [0.1, 0.15) is 5.82 Å². The summed E-state index contributed by atoms with van der Waals surface area (Å²) in [4.78, 5) is 29.4. The summed E-state index contributed by atoms with van der Waals surface area (Å²) in [5.74, 6) is -0.520. The highest BCUT2D eigenvalue weighted by atomic mass is 35.5. The predicted molar refractivity (Wildman–Crippen MR) is 95.0 cm³/mol. The second-order valence-electron chi connectivity index (χ2n) is 6.05. The molecule has 0 bridgehead atoms. The molecule has 1 saturated heterocycles. The number of likely N-dealkylation sites (N-methyl/N-ethyl adjacent to an activating group) is 1. The number of hydrogen-bond acceptors (Lipinski definition) is 3. The molecule has 138 valence electrons. The lowest BCUT2D eigenvalue weighted by molar-refractivity contribution is -0.132. The van der Waals surface area contributed by atoms with Crippen molar-refractivity contribution < 1.29 is 14.0 Å². The Hall–Kier alpha value is -1.86. The minimum Gasteiger partial charge on any atom is -0.340 e. The van der Waals surface area contributed by atoms with Crippen LogP contribution in [0.4, 0.5) is 9.18 Å². The van der Waals surface area contributed by atoms with E-state index in [-0.39, 0.29) is 25.0 Å². The van der Waals surface area contributed by atoms with Gasteiger partial charge in [-0.1, -0.05) is 17.7 Å². The van der Waals surface area contributed by atoms with E-state index in [1.165, 1.54) is 17.0 Å². The predicted octanol–water partition coefficient (Wildman–Crippen LogP) is 1.78. The van der Waals surface area contributed by atoms with Gasteiger partial charge in [-0.2, -0.15) is 0 Å². The van der Waals surface area contributed by atoms with Crippen molar-refractivity contribution >= 4 is 23.5 Å². The van der Waals surface area contributed by atoms with E-state index in [9.17, 15) is 14.0 Å². The number of urea groups is 1. The third-order valence-corrected chi connectivity index (χ3v) is 4.58. The van der Waals surface area contributed by atoms with Crippen molar-refractivity contribution in [2.24, 2.45) is 0 Å². The molecule has 0 aliphatic carbocycles. The molecule has 2 rings (SSSR count). The van der Waals surface area contributed by atoms with Crippen LogP contribution in [0.15, 0.2) is 18.2 Å². The Morgan fingerprint density at radius 3 is 2.56 bits per heavy atom. The van der Waals surface area contributed by atoms with E-state index >= 15 is 0 Å². The van der Waals surface area contributed by atoms with Crippen molar-refractivity contribution in [3.63, 3.8) is 0 Å². The first kappa shape index (κ1) is 19.5. The summed E-state index contributed by atoms with van der Waals surface area (Å²) in [5, 5.41) is 3.09. The van der Waals surface area contributed by atoms with Crippen LogP contribution in [0, 0.1) is 5.82 Å². The molecule has 1 N–H and O–H groups in total. The lowest BCUT2D eigenvalue weighted by Gasteiger charge is -2.35. The van der Waals surface area contributed by atoms with Gasteiger partial charge in [0.15, 0.2) is 0 Å². The molecule has 1 aromatic carbocycles. The minimum atomic E-state index is -0.414. The fourth-order valence-corrected chi connectivity index (χ4v) is 2.92. The van der Waals surface area contributed by atoms with Gasteiger partial charge in [-0.05, 0) is 19.1 Å². The molecule has 0 aromatic heterocycles. The maximum Gasteiger partial charge on any atom is 0.317 e. The minimum absolute atomic E-state index is 0.0696. The molecular formula is C17H24ClFN4O2. The molecule has 0 saturated carbocycles.